The minimum absolute atomic E-state index is 0.171. The van der Waals surface area contributed by atoms with Gasteiger partial charge in [0.25, 0.3) is 0 Å². The van der Waals surface area contributed by atoms with Gasteiger partial charge in [0.1, 0.15) is 11.7 Å². The molecule has 2 aliphatic heterocycles. The molecule has 2 aromatic heterocycles. The number of hydrogen-bond acceptors (Lipinski definition) is 4. The molecular formula is C33H38N6. The SMILES string of the molecule is CNCCc1cn(-c2cccc3c2N[C@@H]2N(C)CC[C@]32n2cc(CCNC)c3ccccc32)c2ccccc12. The van der Waals surface area contributed by atoms with Gasteiger partial charge in [-0.2, -0.15) is 0 Å². The fourth-order valence-corrected chi connectivity index (χ4v) is 7.21. The molecule has 0 amide bonds. The molecule has 3 aromatic carbocycles. The number of anilines is 1. The van der Waals surface area contributed by atoms with Crippen molar-refractivity contribution in [1.29, 1.82) is 0 Å². The van der Waals surface area contributed by atoms with Crippen LogP contribution in [-0.2, 0) is 18.4 Å². The van der Waals surface area contributed by atoms with Crippen molar-refractivity contribution in [3.63, 3.8) is 0 Å². The number of para-hydroxylation sites is 3. The van der Waals surface area contributed by atoms with Crippen LogP contribution >= 0.6 is 0 Å². The van der Waals surface area contributed by atoms with Gasteiger partial charge in [-0.3, -0.25) is 4.90 Å². The van der Waals surface area contributed by atoms with Crippen molar-refractivity contribution < 1.29 is 0 Å². The average molecular weight is 519 g/mol. The maximum atomic E-state index is 4.05. The Balaban J connectivity index is 1.44. The summed E-state index contributed by atoms with van der Waals surface area (Å²) < 4.78 is 5.02. The lowest BCUT2D eigenvalue weighted by Crippen LogP contribution is -2.46. The summed E-state index contributed by atoms with van der Waals surface area (Å²) in [4.78, 5) is 2.50. The number of nitrogens with one attached hydrogen (secondary N) is 3. The number of nitrogens with zero attached hydrogens (tertiary/aromatic N) is 3. The molecule has 0 aliphatic carbocycles. The molecule has 0 bridgehead atoms. The van der Waals surface area contributed by atoms with Crippen molar-refractivity contribution in [2.45, 2.75) is 31.0 Å². The third-order valence-electron chi connectivity index (χ3n) is 9.10. The summed E-state index contributed by atoms with van der Waals surface area (Å²) in [7, 11) is 6.32. The molecule has 0 spiro atoms. The van der Waals surface area contributed by atoms with E-state index in [1.807, 2.05) is 14.1 Å². The number of benzene rings is 3. The van der Waals surface area contributed by atoms with E-state index < -0.39 is 0 Å². The van der Waals surface area contributed by atoms with Gasteiger partial charge < -0.3 is 25.1 Å². The maximum absolute atomic E-state index is 4.05. The minimum Gasteiger partial charge on any atom is -0.365 e. The van der Waals surface area contributed by atoms with E-state index in [1.54, 1.807) is 0 Å². The highest BCUT2D eigenvalue weighted by atomic mass is 15.4. The molecule has 2 aliphatic rings. The van der Waals surface area contributed by atoms with Crippen molar-refractivity contribution in [2.75, 3.05) is 46.1 Å². The largest absolute Gasteiger partial charge is 0.365 e. The number of likely N-dealkylation sites (N-methyl/N-ethyl adjacent to an activating group) is 3. The molecule has 5 aromatic rings. The van der Waals surface area contributed by atoms with Crippen LogP contribution in [0.5, 0.6) is 0 Å². The minimum atomic E-state index is -0.171. The third kappa shape index (κ3) is 3.59. The van der Waals surface area contributed by atoms with Crippen LogP contribution in [0.4, 0.5) is 5.69 Å². The van der Waals surface area contributed by atoms with Crippen LogP contribution in [-0.4, -0.2) is 61.0 Å². The van der Waals surface area contributed by atoms with Crippen molar-refractivity contribution >= 4 is 27.5 Å². The highest BCUT2D eigenvalue weighted by molar-refractivity contribution is 5.89. The molecule has 0 unspecified atom stereocenters. The van der Waals surface area contributed by atoms with Gasteiger partial charge in [-0.15, -0.1) is 0 Å². The van der Waals surface area contributed by atoms with Gasteiger partial charge in [-0.05, 0) is 82.8 Å². The van der Waals surface area contributed by atoms with E-state index in [4.69, 9.17) is 0 Å². The Bertz CT molecular complexity index is 1660. The highest BCUT2D eigenvalue weighted by Gasteiger charge is 2.55. The fourth-order valence-electron chi connectivity index (χ4n) is 7.21. The number of hydrogen-bond donors (Lipinski definition) is 3. The van der Waals surface area contributed by atoms with Gasteiger partial charge in [0.2, 0.25) is 0 Å². The van der Waals surface area contributed by atoms with Crippen molar-refractivity contribution in [2.24, 2.45) is 0 Å². The lowest BCUT2D eigenvalue weighted by Gasteiger charge is -2.34. The second kappa shape index (κ2) is 9.56. The molecule has 6 nitrogen and oxygen atoms in total. The summed E-state index contributed by atoms with van der Waals surface area (Å²) in [5.41, 5.74) is 9.09. The highest BCUT2D eigenvalue weighted by Crippen LogP contribution is 2.52. The maximum Gasteiger partial charge on any atom is 0.108 e. The van der Waals surface area contributed by atoms with E-state index in [0.29, 0.717) is 0 Å². The molecule has 2 atom stereocenters. The molecule has 4 heterocycles. The summed E-state index contributed by atoms with van der Waals surface area (Å²) in [6, 6.07) is 24.7. The third-order valence-corrected chi connectivity index (χ3v) is 9.10. The molecule has 3 N–H and O–H groups in total. The quantitative estimate of drug-likeness (QED) is 0.272. The van der Waals surface area contributed by atoms with Crippen LogP contribution in [0.25, 0.3) is 27.5 Å². The van der Waals surface area contributed by atoms with E-state index in [1.165, 1.54) is 49.9 Å². The molecule has 6 heteroatoms. The van der Waals surface area contributed by atoms with Gasteiger partial charge in [0.15, 0.2) is 0 Å². The second-order valence-corrected chi connectivity index (χ2v) is 11.2. The van der Waals surface area contributed by atoms with E-state index in [-0.39, 0.29) is 11.7 Å². The summed E-state index contributed by atoms with van der Waals surface area (Å²) in [6.07, 6.45) is 8.08. The monoisotopic (exact) mass is 518 g/mol. The number of aromatic nitrogens is 2. The Morgan fingerprint density at radius 3 is 2.23 bits per heavy atom. The predicted octanol–water partition coefficient (Wildman–Crippen LogP) is 4.94. The normalized spacial score (nSPS) is 20.5. The fraction of sp³-hybridized carbons (Fsp3) is 0.333. The van der Waals surface area contributed by atoms with Crippen LogP contribution < -0.4 is 16.0 Å². The van der Waals surface area contributed by atoms with Crippen LogP contribution in [0.1, 0.15) is 23.1 Å². The van der Waals surface area contributed by atoms with Crippen LogP contribution in [0.15, 0.2) is 79.1 Å². The smallest absolute Gasteiger partial charge is 0.108 e. The van der Waals surface area contributed by atoms with Crippen molar-refractivity contribution in [3.8, 4) is 5.69 Å². The van der Waals surface area contributed by atoms with Gasteiger partial charge in [-0.25, -0.2) is 0 Å². The molecule has 7 rings (SSSR count). The molecule has 200 valence electrons. The Morgan fingerprint density at radius 2 is 1.49 bits per heavy atom. The second-order valence-electron chi connectivity index (χ2n) is 11.2. The van der Waals surface area contributed by atoms with Crippen molar-refractivity contribution in [3.05, 3.63) is 95.8 Å². The van der Waals surface area contributed by atoms with E-state index >= 15 is 0 Å². The van der Waals surface area contributed by atoms with Gasteiger partial charge >= 0.3 is 0 Å². The Morgan fingerprint density at radius 1 is 0.821 bits per heavy atom. The summed E-state index contributed by atoms with van der Waals surface area (Å²) >= 11 is 0. The van der Waals surface area contributed by atoms with Gasteiger partial charge in [0, 0.05) is 40.8 Å². The zero-order valence-corrected chi connectivity index (χ0v) is 23.2. The molecular weight excluding hydrogens is 480 g/mol. The molecule has 1 saturated heterocycles. The zero-order chi connectivity index (χ0) is 26.6. The number of likely N-dealkylation sites (tertiary alicyclic amines) is 1. The molecule has 0 saturated carbocycles. The predicted molar refractivity (Wildman–Crippen MR) is 162 cm³/mol. The summed E-state index contributed by atoms with van der Waals surface area (Å²) in [5.74, 6) is 0. The number of rotatable bonds is 8. The van der Waals surface area contributed by atoms with Crippen molar-refractivity contribution in [1.82, 2.24) is 24.7 Å². The van der Waals surface area contributed by atoms with Gasteiger partial charge in [-0.1, -0.05) is 48.5 Å². The first-order valence-corrected chi connectivity index (χ1v) is 14.3. The Labute approximate surface area is 230 Å². The first-order valence-electron chi connectivity index (χ1n) is 14.3. The first kappa shape index (κ1) is 24.5. The summed E-state index contributed by atoms with van der Waals surface area (Å²) in [5, 5.41) is 13.4. The van der Waals surface area contributed by atoms with E-state index in [9.17, 15) is 0 Å². The van der Waals surface area contributed by atoms with Crippen LogP contribution in [0, 0.1) is 0 Å². The van der Waals surface area contributed by atoms with Gasteiger partial charge in [0.05, 0.1) is 16.9 Å². The molecule has 39 heavy (non-hydrogen) atoms. The molecule has 1 fully saturated rings. The topological polar surface area (TPSA) is 49.2 Å². The van der Waals surface area contributed by atoms with E-state index in [2.05, 4.69) is 116 Å². The van der Waals surface area contributed by atoms with E-state index in [0.717, 1.165) is 38.9 Å². The first-order chi connectivity index (χ1) is 19.2. The van der Waals surface area contributed by atoms with Crippen LogP contribution in [0.2, 0.25) is 0 Å². The van der Waals surface area contributed by atoms with Crippen LogP contribution in [0.3, 0.4) is 0 Å². The lowest BCUT2D eigenvalue weighted by atomic mass is 9.87. The Hall–Kier alpha value is -3.58. The Kier molecular flexibility index (Phi) is 5.99. The lowest BCUT2D eigenvalue weighted by molar-refractivity contribution is 0.261. The molecule has 0 radical (unpaired) electrons. The summed E-state index contributed by atoms with van der Waals surface area (Å²) in [6.45, 7) is 2.99. The standard InChI is InChI=1S/C33H38N6/c1-34-18-15-23-21-38(28-12-6-4-9-25(23)28)30-14-8-11-27-31(30)36-32-33(27,17-20-37(32)3)39-22-24(16-19-35-2)26-10-5-7-13-29(26)39/h4-14,21-22,32,34-36H,15-20H2,1-3H3/t32-,33+/m1/s1. The zero-order valence-electron chi connectivity index (χ0n) is 23.2. The number of fused-ring (bicyclic) bond motifs is 5. The average Bonchev–Trinajstić information content (AvgIpc) is 3.71.